The third-order valence-corrected chi connectivity index (χ3v) is 4.91. The highest BCUT2D eigenvalue weighted by molar-refractivity contribution is 5.86. The molecule has 1 aromatic heterocycles. The molecule has 6 nitrogen and oxygen atoms in total. The topological polar surface area (TPSA) is 58.6 Å². The number of methoxy groups -OCH3 is 1. The van der Waals surface area contributed by atoms with Crippen LogP contribution in [-0.2, 0) is 9.53 Å². The van der Waals surface area contributed by atoms with E-state index >= 15 is 0 Å². The normalized spacial score (nSPS) is 28.1. The van der Waals surface area contributed by atoms with E-state index in [-0.39, 0.29) is 17.2 Å². The van der Waals surface area contributed by atoms with Crippen molar-refractivity contribution in [3.8, 4) is 0 Å². The van der Waals surface area contributed by atoms with E-state index in [9.17, 15) is 9.18 Å². The van der Waals surface area contributed by atoms with Crippen molar-refractivity contribution >= 4 is 11.9 Å². The van der Waals surface area contributed by atoms with Crippen LogP contribution in [0.4, 0.5) is 10.3 Å². The first-order valence-corrected chi connectivity index (χ1v) is 7.57. The maximum absolute atomic E-state index is 13.0. The molecular weight excluding hydrogens is 287 g/mol. The zero-order valence-electron chi connectivity index (χ0n) is 13.0. The van der Waals surface area contributed by atoms with Gasteiger partial charge in [-0.2, -0.15) is 0 Å². The summed E-state index contributed by atoms with van der Waals surface area (Å²) in [5.41, 5.74) is -0.370. The summed E-state index contributed by atoms with van der Waals surface area (Å²) in [6.07, 6.45) is 3.17. The molecule has 2 atom stereocenters. The van der Waals surface area contributed by atoms with E-state index < -0.39 is 5.82 Å². The monoisotopic (exact) mass is 308 g/mol. The van der Waals surface area contributed by atoms with Crippen LogP contribution in [0.15, 0.2) is 12.4 Å². The van der Waals surface area contributed by atoms with Crippen molar-refractivity contribution < 1.29 is 13.9 Å². The lowest BCUT2D eigenvalue weighted by atomic mass is 9.78. The summed E-state index contributed by atoms with van der Waals surface area (Å²) in [7, 11) is 1.64. The van der Waals surface area contributed by atoms with Crippen molar-refractivity contribution in [3.05, 3.63) is 18.2 Å². The molecule has 2 saturated heterocycles. The van der Waals surface area contributed by atoms with Crippen LogP contribution in [0.2, 0.25) is 0 Å². The Hall–Kier alpha value is -1.76. The Morgan fingerprint density at radius 3 is 2.86 bits per heavy atom. The fraction of sp³-hybridized carbons (Fsp3) is 0.667. The number of likely N-dealkylation sites (tertiary alicyclic amines) is 1. The van der Waals surface area contributed by atoms with Gasteiger partial charge in [-0.05, 0) is 12.3 Å². The molecule has 0 unspecified atom stereocenters. The fourth-order valence-corrected chi connectivity index (χ4v) is 3.56. The van der Waals surface area contributed by atoms with E-state index in [0.29, 0.717) is 25.6 Å². The van der Waals surface area contributed by atoms with E-state index in [4.69, 9.17) is 4.74 Å². The predicted octanol–water partition coefficient (Wildman–Crippen LogP) is 0.937. The Labute approximate surface area is 129 Å². The van der Waals surface area contributed by atoms with Crippen LogP contribution in [0, 0.1) is 17.2 Å². The minimum Gasteiger partial charge on any atom is -0.383 e. The first kappa shape index (κ1) is 15.1. The molecular formula is C15H21FN4O2. The highest BCUT2D eigenvalue weighted by Gasteiger charge is 2.55. The Bertz CT molecular complexity index is 553. The van der Waals surface area contributed by atoms with Crippen LogP contribution in [0.25, 0.3) is 0 Å². The summed E-state index contributed by atoms with van der Waals surface area (Å²) < 4.78 is 18.0. The Morgan fingerprint density at radius 1 is 1.45 bits per heavy atom. The molecule has 0 saturated carbocycles. The molecule has 2 aliphatic rings. The summed E-state index contributed by atoms with van der Waals surface area (Å²) in [4.78, 5) is 24.8. The second kappa shape index (κ2) is 5.79. The third kappa shape index (κ3) is 2.43. The zero-order valence-corrected chi connectivity index (χ0v) is 13.0. The van der Waals surface area contributed by atoms with Gasteiger partial charge in [0, 0.05) is 33.3 Å². The van der Waals surface area contributed by atoms with Crippen LogP contribution < -0.4 is 4.90 Å². The Kier molecular flexibility index (Phi) is 3.99. The molecule has 3 rings (SSSR count). The van der Waals surface area contributed by atoms with Gasteiger partial charge in [-0.1, -0.05) is 6.92 Å². The highest BCUT2D eigenvalue weighted by atomic mass is 19.1. The smallest absolute Gasteiger partial charge is 0.231 e. The molecule has 1 spiro atoms. The molecule has 3 heterocycles. The van der Waals surface area contributed by atoms with E-state index in [0.717, 1.165) is 19.5 Å². The number of halogens is 1. The van der Waals surface area contributed by atoms with Crippen LogP contribution in [0.5, 0.6) is 0 Å². The first-order valence-electron chi connectivity index (χ1n) is 7.57. The minimum absolute atomic E-state index is 0.196. The average Bonchev–Trinajstić information content (AvgIpc) is 3.01. The van der Waals surface area contributed by atoms with Gasteiger partial charge in [0.15, 0.2) is 5.82 Å². The maximum Gasteiger partial charge on any atom is 0.231 e. The number of hydrogen-bond donors (Lipinski definition) is 0. The molecule has 0 N–H and O–H groups in total. The first-order chi connectivity index (χ1) is 10.6. The number of nitrogens with zero attached hydrogens (tertiary/aromatic N) is 4. The number of rotatable bonds is 4. The lowest BCUT2D eigenvalue weighted by Crippen LogP contribution is -2.40. The molecule has 1 amide bonds. The van der Waals surface area contributed by atoms with Gasteiger partial charge in [0.05, 0.1) is 24.4 Å². The molecule has 1 aromatic rings. The molecule has 0 aromatic carbocycles. The molecule has 2 fully saturated rings. The molecule has 0 radical (unpaired) electrons. The van der Waals surface area contributed by atoms with Crippen molar-refractivity contribution in [2.24, 2.45) is 11.3 Å². The van der Waals surface area contributed by atoms with Gasteiger partial charge < -0.3 is 14.5 Å². The molecule has 0 aliphatic carbocycles. The summed E-state index contributed by atoms with van der Waals surface area (Å²) in [5.74, 6) is 0.463. The summed E-state index contributed by atoms with van der Waals surface area (Å²) in [6, 6.07) is 0. The fourth-order valence-electron chi connectivity index (χ4n) is 3.56. The van der Waals surface area contributed by atoms with Gasteiger partial charge >= 0.3 is 0 Å². The van der Waals surface area contributed by atoms with Crippen LogP contribution in [0.1, 0.15) is 13.3 Å². The van der Waals surface area contributed by atoms with Crippen molar-refractivity contribution in [2.75, 3.05) is 44.8 Å². The Balaban J connectivity index is 1.75. The number of ether oxygens (including phenoxy) is 1. The summed E-state index contributed by atoms with van der Waals surface area (Å²) in [6.45, 7) is 5.38. The van der Waals surface area contributed by atoms with Crippen molar-refractivity contribution in [2.45, 2.75) is 13.3 Å². The lowest BCUT2D eigenvalue weighted by molar-refractivity contribution is -0.137. The quantitative estimate of drug-likeness (QED) is 0.828. The number of anilines is 1. The van der Waals surface area contributed by atoms with Gasteiger partial charge in [0.2, 0.25) is 11.9 Å². The largest absolute Gasteiger partial charge is 0.383 e. The van der Waals surface area contributed by atoms with Gasteiger partial charge in [-0.3, -0.25) is 4.79 Å². The van der Waals surface area contributed by atoms with Crippen molar-refractivity contribution in [1.82, 2.24) is 14.9 Å². The standard InChI is InChI=1S/C15H21FN4O2/c1-11-9-20(14-17-7-12(16)8-18-14)10-15(11)3-4-19(13(15)21)5-6-22-2/h7-8,11H,3-6,9-10H2,1-2H3/t11-,15-/m1/s1. The van der Waals surface area contributed by atoms with Gasteiger partial charge in [0.25, 0.3) is 0 Å². The molecule has 7 heteroatoms. The predicted molar refractivity (Wildman–Crippen MR) is 78.9 cm³/mol. The van der Waals surface area contributed by atoms with Gasteiger partial charge in [0.1, 0.15) is 0 Å². The number of hydrogen-bond acceptors (Lipinski definition) is 5. The zero-order chi connectivity index (χ0) is 15.7. The molecule has 22 heavy (non-hydrogen) atoms. The van der Waals surface area contributed by atoms with E-state index in [1.165, 1.54) is 12.4 Å². The summed E-state index contributed by atoms with van der Waals surface area (Å²) in [5, 5.41) is 0. The number of carbonyl (C=O) groups is 1. The van der Waals surface area contributed by atoms with Crippen LogP contribution >= 0.6 is 0 Å². The van der Waals surface area contributed by atoms with Crippen molar-refractivity contribution in [3.63, 3.8) is 0 Å². The maximum atomic E-state index is 13.0. The van der Waals surface area contributed by atoms with Crippen LogP contribution in [0.3, 0.4) is 0 Å². The molecule has 120 valence electrons. The highest BCUT2D eigenvalue weighted by Crippen LogP contribution is 2.45. The van der Waals surface area contributed by atoms with E-state index in [2.05, 4.69) is 16.9 Å². The second-order valence-electron chi connectivity index (χ2n) is 6.17. The second-order valence-corrected chi connectivity index (χ2v) is 6.17. The molecule has 0 bridgehead atoms. The van der Waals surface area contributed by atoms with Crippen molar-refractivity contribution in [1.29, 1.82) is 0 Å². The van der Waals surface area contributed by atoms with E-state index in [1.54, 1.807) is 7.11 Å². The number of carbonyl (C=O) groups excluding carboxylic acids is 1. The Morgan fingerprint density at radius 2 is 2.18 bits per heavy atom. The van der Waals surface area contributed by atoms with Gasteiger partial charge in [-0.25, -0.2) is 14.4 Å². The lowest BCUT2D eigenvalue weighted by Gasteiger charge is -2.26. The summed E-state index contributed by atoms with van der Waals surface area (Å²) >= 11 is 0. The van der Waals surface area contributed by atoms with Gasteiger partial charge in [-0.15, -0.1) is 0 Å². The van der Waals surface area contributed by atoms with E-state index in [1.807, 2.05) is 9.80 Å². The van der Waals surface area contributed by atoms with Crippen LogP contribution in [-0.4, -0.2) is 60.7 Å². The number of amides is 1. The molecule has 2 aliphatic heterocycles. The average molecular weight is 308 g/mol. The third-order valence-electron chi connectivity index (χ3n) is 4.91. The minimum atomic E-state index is -0.451. The number of aromatic nitrogens is 2. The SMILES string of the molecule is COCCN1CC[C@]2(CN(c3ncc(F)cn3)C[C@H]2C)C1=O.